The lowest BCUT2D eigenvalue weighted by molar-refractivity contribution is 0.330. The Morgan fingerprint density at radius 3 is 2.86 bits per heavy atom. The summed E-state index contributed by atoms with van der Waals surface area (Å²) in [6.45, 7) is 6.49. The quantitative estimate of drug-likeness (QED) is 0.740. The van der Waals surface area contributed by atoms with Crippen molar-refractivity contribution in [2.24, 2.45) is 5.41 Å². The van der Waals surface area contributed by atoms with Crippen LogP contribution in [0, 0.1) is 5.41 Å². The predicted octanol–water partition coefficient (Wildman–Crippen LogP) is 3.49. The van der Waals surface area contributed by atoms with E-state index in [0.717, 1.165) is 25.4 Å². The monoisotopic (exact) mass is 231 g/mol. The van der Waals surface area contributed by atoms with E-state index in [2.05, 4.69) is 36.7 Å². The standard InChI is InChI=1S/C11H18ClNS/c1-11(2,5-6-12)9-13-8-10-4-3-7-14-10/h3-4,7,13H,5-6,8-9H2,1-2H3. The van der Waals surface area contributed by atoms with Crippen LogP contribution in [0.4, 0.5) is 0 Å². The highest BCUT2D eigenvalue weighted by atomic mass is 35.5. The van der Waals surface area contributed by atoms with Crippen molar-refractivity contribution in [1.29, 1.82) is 0 Å². The van der Waals surface area contributed by atoms with Crippen LogP contribution in [0.3, 0.4) is 0 Å². The summed E-state index contributed by atoms with van der Waals surface area (Å²) in [5.41, 5.74) is 0.305. The SMILES string of the molecule is CC(C)(CCCl)CNCc1cccs1. The molecule has 0 aliphatic carbocycles. The van der Waals surface area contributed by atoms with E-state index in [1.807, 2.05) is 0 Å². The molecule has 0 atom stereocenters. The number of hydrogen-bond donors (Lipinski definition) is 1. The minimum Gasteiger partial charge on any atom is -0.311 e. The number of nitrogens with one attached hydrogen (secondary N) is 1. The molecule has 0 bridgehead atoms. The minimum atomic E-state index is 0.305. The van der Waals surface area contributed by atoms with Gasteiger partial charge in [0.25, 0.3) is 0 Å². The average molecular weight is 232 g/mol. The van der Waals surface area contributed by atoms with Crippen molar-refractivity contribution in [2.75, 3.05) is 12.4 Å². The Bertz CT molecular complexity index is 244. The number of rotatable bonds is 6. The molecule has 0 aliphatic rings. The van der Waals surface area contributed by atoms with E-state index in [4.69, 9.17) is 11.6 Å². The van der Waals surface area contributed by atoms with Crippen molar-refractivity contribution in [1.82, 2.24) is 5.32 Å². The first kappa shape index (κ1) is 12.0. The van der Waals surface area contributed by atoms with Gasteiger partial charge in [-0.05, 0) is 23.3 Å². The molecule has 80 valence electrons. The molecular formula is C11H18ClNS. The first-order valence-corrected chi connectivity index (χ1v) is 6.34. The molecule has 1 nitrogen and oxygen atoms in total. The number of hydrogen-bond acceptors (Lipinski definition) is 2. The minimum absolute atomic E-state index is 0.305. The van der Waals surface area contributed by atoms with E-state index >= 15 is 0 Å². The van der Waals surface area contributed by atoms with E-state index in [1.54, 1.807) is 11.3 Å². The van der Waals surface area contributed by atoms with E-state index in [9.17, 15) is 0 Å². The molecule has 0 unspecified atom stereocenters. The largest absolute Gasteiger partial charge is 0.311 e. The smallest absolute Gasteiger partial charge is 0.0299 e. The molecule has 3 heteroatoms. The Morgan fingerprint density at radius 1 is 1.50 bits per heavy atom. The third-order valence-corrected chi connectivity index (χ3v) is 3.32. The van der Waals surface area contributed by atoms with Gasteiger partial charge in [-0.3, -0.25) is 0 Å². The summed E-state index contributed by atoms with van der Waals surface area (Å²) in [7, 11) is 0. The van der Waals surface area contributed by atoms with Crippen LogP contribution in [0.25, 0.3) is 0 Å². The molecule has 14 heavy (non-hydrogen) atoms. The molecule has 1 aromatic rings. The summed E-state index contributed by atoms with van der Waals surface area (Å²) in [6.07, 6.45) is 1.06. The van der Waals surface area contributed by atoms with Crippen molar-refractivity contribution in [3.63, 3.8) is 0 Å². The van der Waals surface area contributed by atoms with Gasteiger partial charge in [0.1, 0.15) is 0 Å². The lowest BCUT2D eigenvalue weighted by Gasteiger charge is -2.23. The maximum Gasteiger partial charge on any atom is 0.0299 e. The third-order valence-electron chi connectivity index (χ3n) is 2.25. The molecule has 0 spiro atoms. The lowest BCUT2D eigenvalue weighted by atomic mass is 9.90. The van der Waals surface area contributed by atoms with Gasteiger partial charge in [0.2, 0.25) is 0 Å². The van der Waals surface area contributed by atoms with Crippen molar-refractivity contribution < 1.29 is 0 Å². The first-order valence-electron chi connectivity index (χ1n) is 4.93. The summed E-state index contributed by atoms with van der Waals surface area (Å²) in [5.74, 6) is 0.744. The van der Waals surface area contributed by atoms with Gasteiger partial charge in [-0.1, -0.05) is 19.9 Å². The van der Waals surface area contributed by atoms with Crippen molar-refractivity contribution in [3.05, 3.63) is 22.4 Å². The fourth-order valence-electron chi connectivity index (χ4n) is 1.28. The maximum absolute atomic E-state index is 5.74. The van der Waals surface area contributed by atoms with Crippen LogP contribution in [0.2, 0.25) is 0 Å². The van der Waals surface area contributed by atoms with Crippen LogP contribution in [0.5, 0.6) is 0 Å². The average Bonchev–Trinajstić information content (AvgIpc) is 2.56. The normalized spacial score (nSPS) is 11.9. The molecular weight excluding hydrogens is 214 g/mol. The summed E-state index contributed by atoms with van der Waals surface area (Å²) in [6, 6.07) is 4.25. The van der Waals surface area contributed by atoms with E-state index in [1.165, 1.54) is 4.88 Å². The summed E-state index contributed by atoms with van der Waals surface area (Å²) in [5, 5.41) is 5.58. The first-order chi connectivity index (χ1) is 6.64. The zero-order valence-electron chi connectivity index (χ0n) is 8.85. The van der Waals surface area contributed by atoms with Gasteiger partial charge in [0.05, 0.1) is 0 Å². The topological polar surface area (TPSA) is 12.0 Å². The second kappa shape index (κ2) is 5.74. The number of thiophene rings is 1. The molecule has 0 saturated carbocycles. The van der Waals surface area contributed by atoms with Crippen molar-refractivity contribution in [2.45, 2.75) is 26.8 Å². The molecule has 1 rings (SSSR count). The number of alkyl halides is 1. The summed E-state index contributed by atoms with van der Waals surface area (Å²) >= 11 is 7.54. The van der Waals surface area contributed by atoms with Gasteiger partial charge in [0.15, 0.2) is 0 Å². The zero-order chi connectivity index (χ0) is 10.4. The van der Waals surface area contributed by atoms with Crippen LogP contribution < -0.4 is 5.32 Å². The second-order valence-electron chi connectivity index (χ2n) is 4.29. The zero-order valence-corrected chi connectivity index (χ0v) is 10.4. The molecule has 0 aliphatic heterocycles. The Kier molecular flexibility index (Phi) is 4.93. The maximum atomic E-state index is 5.74. The van der Waals surface area contributed by atoms with E-state index in [-0.39, 0.29) is 0 Å². The van der Waals surface area contributed by atoms with Crippen molar-refractivity contribution in [3.8, 4) is 0 Å². The Labute approximate surface area is 95.5 Å². The van der Waals surface area contributed by atoms with Crippen LogP contribution in [-0.2, 0) is 6.54 Å². The van der Waals surface area contributed by atoms with Gasteiger partial charge in [-0.25, -0.2) is 0 Å². The van der Waals surface area contributed by atoms with Gasteiger partial charge in [0, 0.05) is 23.8 Å². The van der Waals surface area contributed by atoms with Gasteiger partial charge >= 0.3 is 0 Å². The Hall–Kier alpha value is -0.0500. The fourth-order valence-corrected chi connectivity index (χ4v) is 2.47. The van der Waals surface area contributed by atoms with Gasteiger partial charge in [-0.15, -0.1) is 22.9 Å². The number of halogens is 1. The molecule has 0 saturated heterocycles. The second-order valence-corrected chi connectivity index (χ2v) is 5.70. The predicted molar refractivity (Wildman–Crippen MR) is 65.1 cm³/mol. The van der Waals surface area contributed by atoms with E-state index < -0.39 is 0 Å². The van der Waals surface area contributed by atoms with Gasteiger partial charge in [-0.2, -0.15) is 0 Å². The summed E-state index contributed by atoms with van der Waals surface area (Å²) < 4.78 is 0. The lowest BCUT2D eigenvalue weighted by Crippen LogP contribution is -2.29. The highest BCUT2D eigenvalue weighted by Crippen LogP contribution is 2.19. The molecule has 0 amide bonds. The third kappa shape index (κ3) is 4.45. The van der Waals surface area contributed by atoms with Gasteiger partial charge < -0.3 is 5.32 Å². The highest BCUT2D eigenvalue weighted by Gasteiger charge is 2.15. The Morgan fingerprint density at radius 2 is 2.29 bits per heavy atom. The molecule has 1 N–H and O–H groups in total. The van der Waals surface area contributed by atoms with Crippen LogP contribution in [-0.4, -0.2) is 12.4 Å². The van der Waals surface area contributed by atoms with Crippen LogP contribution >= 0.6 is 22.9 Å². The molecule has 1 heterocycles. The molecule has 1 aromatic heterocycles. The van der Waals surface area contributed by atoms with E-state index in [0.29, 0.717) is 5.41 Å². The summed E-state index contributed by atoms with van der Waals surface area (Å²) in [4.78, 5) is 1.40. The molecule has 0 radical (unpaired) electrons. The fraction of sp³-hybridized carbons (Fsp3) is 0.636. The van der Waals surface area contributed by atoms with Crippen molar-refractivity contribution >= 4 is 22.9 Å². The Balaban J connectivity index is 2.20. The van der Waals surface area contributed by atoms with Crippen LogP contribution in [0.1, 0.15) is 25.1 Å². The molecule has 0 aromatic carbocycles. The molecule has 0 fully saturated rings. The highest BCUT2D eigenvalue weighted by molar-refractivity contribution is 7.09. The van der Waals surface area contributed by atoms with Crippen LogP contribution in [0.15, 0.2) is 17.5 Å².